The molecule has 1 aromatic carbocycles. The van der Waals surface area contributed by atoms with Gasteiger partial charge in [0.1, 0.15) is 11.6 Å². The van der Waals surface area contributed by atoms with Crippen LogP contribution in [-0.4, -0.2) is 11.5 Å². The number of thiophene rings is 1. The molecular weight excluding hydrogens is 321 g/mol. The molecule has 0 radical (unpaired) electrons. The summed E-state index contributed by atoms with van der Waals surface area (Å²) in [6.45, 7) is 6.30. The second-order valence-corrected chi connectivity index (χ2v) is 6.27. The van der Waals surface area contributed by atoms with Crippen molar-refractivity contribution >= 4 is 45.1 Å². The summed E-state index contributed by atoms with van der Waals surface area (Å²) in [7, 11) is 0. The Labute approximate surface area is 143 Å². The minimum atomic E-state index is -0.289. The Morgan fingerprint density at radius 1 is 1.42 bits per heavy atom. The van der Waals surface area contributed by atoms with E-state index < -0.39 is 0 Å². The molecule has 2 heterocycles. The standard InChI is InChI=1S/C19H18FN3S/c1-3-15-17(9-12(2)11-21)23-19(16-7-8-24-18(15)16)22-14-6-4-5-13(20)10-14/h3-10H,2,11,21H2,1H3,(H,22,23)/b15-3+,17-9+. The first-order valence-electron chi connectivity index (χ1n) is 7.58. The van der Waals surface area contributed by atoms with Crippen molar-refractivity contribution in [2.45, 2.75) is 6.92 Å². The normalized spacial score (nSPS) is 12.8. The van der Waals surface area contributed by atoms with Crippen molar-refractivity contribution in [3.8, 4) is 0 Å². The number of nitrogens with one attached hydrogen (secondary N) is 1. The highest BCUT2D eigenvalue weighted by Gasteiger charge is 2.08. The smallest absolute Gasteiger partial charge is 0.139 e. The molecule has 0 atom stereocenters. The van der Waals surface area contributed by atoms with Crippen LogP contribution in [-0.2, 0) is 0 Å². The summed E-state index contributed by atoms with van der Waals surface area (Å²) in [5, 5.41) is 8.11. The Balaban J connectivity index is 2.23. The third kappa shape index (κ3) is 3.22. The lowest BCUT2D eigenvalue weighted by molar-refractivity contribution is 0.628. The van der Waals surface area contributed by atoms with Gasteiger partial charge in [-0.25, -0.2) is 9.37 Å². The van der Waals surface area contributed by atoms with Gasteiger partial charge < -0.3 is 11.1 Å². The molecule has 0 aliphatic heterocycles. The van der Waals surface area contributed by atoms with Crippen LogP contribution < -0.4 is 21.6 Å². The van der Waals surface area contributed by atoms with E-state index in [0.29, 0.717) is 18.1 Å². The highest BCUT2D eigenvalue weighted by atomic mass is 32.1. The minimum absolute atomic E-state index is 0.289. The number of rotatable bonds is 4. The maximum atomic E-state index is 13.4. The Bertz CT molecular complexity index is 1020. The molecule has 0 aliphatic carbocycles. The molecule has 0 bridgehead atoms. The van der Waals surface area contributed by atoms with Crippen LogP contribution in [0.15, 0.2) is 47.9 Å². The molecule has 0 fully saturated rings. The van der Waals surface area contributed by atoms with Crippen molar-refractivity contribution in [2.75, 3.05) is 11.9 Å². The fourth-order valence-corrected chi connectivity index (χ4v) is 3.48. The Morgan fingerprint density at radius 3 is 2.96 bits per heavy atom. The molecule has 122 valence electrons. The molecule has 0 aliphatic rings. The van der Waals surface area contributed by atoms with Crippen LogP contribution >= 0.6 is 11.3 Å². The molecule has 3 N–H and O–H groups in total. The van der Waals surface area contributed by atoms with E-state index >= 15 is 0 Å². The third-order valence-corrected chi connectivity index (χ3v) is 4.60. The molecule has 3 aromatic rings. The first-order valence-corrected chi connectivity index (χ1v) is 8.46. The molecular formula is C19H18FN3S. The molecule has 5 heteroatoms. The zero-order valence-corrected chi connectivity index (χ0v) is 14.2. The zero-order chi connectivity index (χ0) is 17.1. The number of benzene rings is 1. The van der Waals surface area contributed by atoms with Gasteiger partial charge in [0.25, 0.3) is 0 Å². The summed E-state index contributed by atoms with van der Waals surface area (Å²) in [5.41, 5.74) is 7.12. The van der Waals surface area contributed by atoms with Gasteiger partial charge >= 0.3 is 0 Å². The highest BCUT2D eigenvalue weighted by Crippen LogP contribution is 2.25. The highest BCUT2D eigenvalue weighted by molar-refractivity contribution is 7.17. The van der Waals surface area contributed by atoms with Gasteiger partial charge in [-0.2, -0.15) is 0 Å². The topological polar surface area (TPSA) is 50.9 Å². The van der Waals surface area contributed by atoms with Gasteiger partial charge in [-0.1, -0.05) is 18.7 Å². The summed E-state index contributed by atoms with van der Waals surface area (Å²) >= 11 is 1.65. The maximum Gasteiger partial charge on any atom is 0.139 e. The van der Waals surface area contributed by atoms with E-state index in [1.807, 2.05) is 36.6 Å². The number of nitrogens with zero attached hydrogens (tertiary/aromatic N) is 1. The average molecular weight is 339 g/mol. The van der Waals surface area contributed by atoms with Crippen LogP contribution in [0.25, 0.3) is 22.2 Å². The van der Waals surface area contributed by atoms with Gasteiger partial charge in [0.05, 0.1) is 5.35 Å². The van der Waals surface area contributed by atoms with Gasteiger partial charge in [-0.15, -0.1) is 11.3 Å². The van der Waals surface area contributed by atoms with Crippen LogP contribution in [0.1, 0.15) is 6.92 Å². The van der Waals surface area contributed by atoms with E-state index in [0.717, 1.165) is 26.2 Å². The lowest BCUT2D eigenvalue weighted by atomic mass is 10.2. The van der Waals surface area contributed by atoms with Crippen LogP contribution in [0.2, 0.25) is 0 Å². The fraction of sp³-hybridized carbons (Fsp3) is 0.105. The number of hydrogen-bond acceptors (Lipinski definition) is 4. The summed E-state index contributed by atoms with van der Waals surface area (Å²) in [5.74, 6) is 0.405. The summed E-state index contributed by atoms with van der Waals surface area (Å²) in [6, 6.07) is 8.36. The Morgan fingerprint density at radius 2 is 2.25 bits per heavy atom. The summed E-state index contributed by atoms with van der Waals surface area (Å²) in [6.07, 6.45) is 3.93. The Kier molecular flexibility index (Phi) is 4.74. The monoisotopic (exact) mass is 339 g/mol. The first kappa shape index (κ1) is 16.4. The number of fused-ring (bicyclic) bond motifs is 1. The van der Waals surface area contributed by atoms with Gasteiger partial charge in [0.2, 0.25) is 0 Å². The maximum absolute atomic E-state index is 13.4. The number of anilines is 2. The van der Waals surface area contributed by atoms with Gasteiger partial charge in [-0.05, 0) is 48.2 Å². The lowest BCUT2D eigenvalue weighted by Crippen LogP contribution is -2.29. The molecule has 3 rings (SSSR count). The van der Waals surface area contributed by atoms with Crippen molar-refractivity contribution in [1.29, 1.82) is 0 Å². The van der Waals surface area contributed by atoms with E-state index in [4.69, 9.17) is 10.7 Å². The molecule has 0 saturated carbocycles. The van der Waals surface area contributed by atoms with Crippen molar-refractivity contribution < 1.29 is 4.39 Å². The van der Waals surface area contributed by atoms with Gasteiger partial charge in [0.15, 0.2) is 0 Å². The molecule has 0 amide bonds. The van der Waals surface area contributed by atoms with Crippen LogP contribution in [0.5, 0.6) is 0 Å². The SMILES string of the molecule is C=C(/C=c1/nc(Nc2cccc(F)c2)c2ccsc2/c1=C/C)CN. The van der Waals surface area contributed by atoms with Crippen molar-refractivity contribution in [1.82, 2.24) is 4.98 Å². The van der Waals surface area contributed by atoms with Crippen molar-refractivity contribution in [3.05, 3.63) is 64.2 Å². The number of aromatic nitrogens is 1. The predicted molar refractivity (Wildman–Crippen MR) is 101 cm³/mol. The molecule has 2 aromatic heterocycles. The number of halogens is 1. The fourth-order valence-electron chi connectivity index (χ4n) is 2.50. The first-order chi connectivity index (χ1) is 11.6. The van der Waals surface area contributed by atoms with Crippen LogP contribution in [0, 0.1) is 5.82 Å². The van der Waals surface area contributed by atoms with E-state index in [1.165, 1.54) is 12.1 Å². The molecule has 24 heavy (non-hydrogen) atoms. The third-order valence-electron chi connectivity index (χ3n) is 3.65. The number of nitrogens with two attached hydrogens (primary N) is 1. The zero-order valence-electron chi connectivity index (χ0n) is 13.3. The van der Waals surface area contributed by atoms with E-state index in [-0.39, 0.29) is 5.82 Å². The molecule has 0 spiro atoms. The van der Waals surface area contributed by atoms with Gasteiger partial charge in [0, 0.05) is 27.5 Å². The average Bonchev–Trinajstić information content (AvgIpc) is 3.05. The lowest BCUT2D eigenvalue weighted by Gasteiger charge is -2.08. The number of hydrogen-bond donors (Lipinski definition) is 2. The molecule has 0 unspecified atom stereocenters. The van der Waals surface area contributed by atoms with Crippen molar-refractivity contribution in [2.24, 2.45) is 5.73 Å². The minimum Gasteiger partial charge on any atom is -0.340 e. The summed E-state index contributed by atoms with van der Waals surface area (Å²) in [4.78, 5) is 4.73. The second-order valence-electron chi connectivity index (χ2n) is 5.35. The van der Waals surface area contributed by atoms with Crippen LogP contribution in [0.4, 0.5) is 15.9 Å². The molecule has 3 nitrogen and oxygen atoms in total. The van der Waals surface area contributed by atoms with E-state index in [9.17, 15) is 4.39 Å². The van der Waals surface area contributed by atoms with Crippen molar-refractivity contribution in [3.63, 3.8) is 0 Å². The largest absolute Gasteiger partial charge is 0.340 e. The van der Waals surface area contributed by atoms with E-state index in [1.54, 1.807) is 17.4 Å². The molecule has 0 saturated heterocycles. The predicted octanol–water partition coefficient (Wildman–Crippen LogP) is 3.27. The number of pyridine rings is 1. The van der Waals surface area contributed by atoms with Gasteiger partial charge in [-0.3, -0.25) is 0 Å². The van der Waals surface area contributed by atoms with E-state index in [2.05, 4.69) is 11.9 Å². The second kappa shape index (κ2) is 6.95. The quantitative estimate of drug-likeness (QED) is 0.767. The summed E-state index contributed by atoms with van der Waals surface area (Å²) < 4.78 is 14.6. The van der Waals surface area contributed by atoms with Crippen LogP contribution in [0.3, 0.4) is 0 Å². The Hall–Kier alpha value is -2.50.